The summed E-state index contributed by atoms with van der Waals surface area (Å²) in [5, 5.41) is 0. The Morgan fingerprint density at radius 1 is 0.935 bits per heavy atom. The van der Waals surface area contributed by atoms with Gasteiger partial charge in [0.2, 0.25) is 0 Å². The van der Waals surface area contributed by atoms with E-state index in [-0.39, 0.29) is 17.5 Å². The molecule has 1 aromatic heterocycles. The minimum Gasteiger partial charge on any atom is -0.467 e. The van der Waals surface area contributed by atoms with Crippen LogP contribution in [0.5, 0.6) is 0 Å². The van der Waals surface area contributed by atoms with Gasteiger partial charge in [0.1, 0.15) is 23.9 Å². The minimum absolute atomic E-state index is 0.0153. The van der Waals surface area contributed by atoms with Gasteiger partial charge >= 0.3 is 0 Å². The molecule has 3 aromatic rings. The summed E-state index contributed by atoms with van der Waals surface area (Å²) in [7, 11) is 0. The molecular formula is C25H29F2N2O2+. The largest absolute Gasteiger partial charge is 0.467 e. The minimum atomic E-state index is -0.306. The zero-order valence-corrected chi connectivity index (χ0v) is 18.0. The molecule has 0 aliphatic carbocycles. The smallest absolute Gasteiger partial charge is 0.278 e. The molecule has 3 rings (SSSR count). The average Bonchev–Trinajstić information content (AvgIpc) is 3.23. The molecule has 2 aromatic carbocycles. The number of hydrogen-bond donors (Lipinski definition) is 1. The van der Waals surface area contributed by atoms with E-state index in [4.69, 9.17) is 4.42 Å². The second-order valence-electron chi connectivity index (χ2n) is 8.28. The Kier molecular flexibility index (Phi) is 7.95. The summed E-state index contributed by atoms with van der Waals surface area (Å²) in [4.78, 5) is 16.1. The first-order valence-electron chi connectivity index (χ1n) is 10.5. The molecule has 0 saturated heterocycles. The van der Waals surface area contributed by atoms with Crippen LogP contribution in [0, 0.1) is 17.6 Å². The van der Waals surface area contributed by atoms with E-state index in [1.54, 1.807) is 41.5 Å². The average molecular weight is 428 g/mol. The van der Waals surface area contributed by atoms with Crippen molar-refractivity contribution in [3.63, 3.8) is 0 Å². The van der Waals surface area contributed by atoms with Crippen LogP contribution in [0.25, 0.3) is 0 Å². The van der Waals surface area contributed by atoms with Gasteiger partial charge in [0.25, 0.3) is 5.91 Å². The van der Waals surface area contributed by atoms with Gasteiger partial charge in [0.05, 0.1) is 19.4 Å². The molecule has 6 heteroatoms. The number of benzene rings is 2. The fraction of sp³-hybridized carbons (Fsp3) is 0.320. The van der Waals surface area contributed by atoms with E-state index in [0.29, 0.717) is 37.9 Å². The molecule has 0 spiro atoms. The third kappa shape index (κ3) is 7.33. The molecule has 1 atom stereocenters. The van der Waals surface area contributed by atoms with Crippen molar-refractivity contribution in [1.29, 1.82) is 0 Å². The molecule has 0 bridgehead atoms. The molecule has 1 unspecified atom stereocenters. The van der Waals surface area contributed by atoms with Crippen molar-refractivity contribution >= 4 is 5.91 Å². The van der Waals surface area contributed by atoms with Gasteiger partial charge in [-0.05, 0) is 42.0 Å². The Hall–Kier alpha value is -2.99. The highest BCUT2D eigenvalue weighted by Crippen LogP contribution is 2.12. The van der Waals surface area contributed by atoms with Crippen LogP contribution >= 0.6 is 0 Å². The predicted molar refractivity (Wildman–Crippen MR) is 115 cm³/mol. The van der Waals surface area contributed by atoms with Crippen LogP contribution in [0.1, 0.15) is 30.7 Å². The summed E-state index contributed by atoms with van der Waals surface area (Å²) in [5.74, 6) is 0.505. The van der Waals surface area contributed by atoms with E-state index >= 15 is 0 Å². The van der Waals surface area contributed by atoms with E-state index < -0.39 is 0 Å². The number of halogens is 2. The second-order valence-corrected chi connectivity index (χ2v) is 8.28. The second kappa shape index (κ2) is 10.9. The molecule has 164 valence electrons. The first kappa shape index (κ1) is 22.7. The maximum absolute atomic E-state index is 13.3. The van der Waals surface area contributed by atoms with Crippen molar-refractivity contribution in [3.05, 3.63) is 95.4 Å². The quantitative estimate of drug-likeness (QED) is 0.534. The zero-order valence-electron chi connectivity index (χ0n) is 18.0. The fourth-order valence-electron chi connectivity index (χ4n) is 3.63. The lowest BCUT2D eigenvalue weighted by molar-refractivity contribution is -0.909. The van der Waals surface area contributed by atoms with Crippen molar-refractivity contribution in [2.75, 3.05) is 13.1 Å². The number of carbonyl (C=O) groups is 1. The standard InChI is InChI=1S/C25H28F2N2O2/c1-19(2)14-28(15-20-5-9-22(26)10-6-20)18-25(30)29(17-24-4-3-13-31-24)16-21-7-11-23(27)12-8-21/h3-13,19H,14-18H2,1-2H3/p+1. The van der Waals surface area contributed by atoms with Crippen LogP contribution in [0.15, 0.2) is 71.3 Å². The summed E-state index contributed by atoms with van der Waals surface area (Å²) in [6.45, 7) is 6.70. The maximum atomic E-state index is 13.3. The SMILES string of the molecule is CC(C)C[NH+](CC(=O)N(Cc1ccc(F)cc1)Cc1ccco1)Cc1ccc(F)cc1. The van der Waals surface area contributed by atoms with Crippen LogP contribution in [-0.2, 0) is 24.4 Å². The lowest BCUT2D eigenvalue weighted by Crippen LogP contribution is -3.12. The van der Waals surface area contributed by atoms with Gasteiger partial charge in [0, 0.05) is 18.0 Å². The monoisotopic (exact) mass is 427 g/mol. The molecule has 0 fully saturated rings. The summed E-state index contributed by atoms with van der Waals surface area (Å²) < 4.78 is 32.0. The summed E-state index contributed by atoms with van der Waals surface area (Å²) in [6, 6.07) is 16.2. The normalized spacial score (nSPS) is 12.2. The number of quaternary nitrogens is 1. The Bertz CT molecular complexity index is 939. The number of rotatable bonds is 10. The van der Waals surface area contributed by atoms with Crippen molar-refractivity contribution in [1.82, 2.24) is 4.90 Å². The summed E-state index contributed by atoms with van der Waals surface area (Å²) in [6.07, 6.45) is 1.58. The highest BCUT2D eigenvalue weighted by molar-refractivity contribution is 5.77. The molecule has 0 radical (unpaired) electrons. The molecule has 1 heterocycles. The third-order valence-electron chi connectivity index (χ3n) is 5.03. The molecule has 31 heavy (non-hydrogen) atoms. The zero-order chi connectivity index (χ0) is 22.2. The first-order chi connectivity index (χ1) is 14.9. The van der Waals surface area contributed by atoms with Crippen LogP contribution < -0.4 is 4.90 Å². The summed E-state index contributed by atoms with van der Waals surface area (Å²) in [5.41, 5.74) is 1.84. The summed E-state index contributed by atoms with van der Waals surface area (Å²) >= 11 is 0. The Balaban J connectivity index is 1.74. The highest BCUT2D eigenvalue weighted by Gasteiger charge is 2.23. The van der Waals surface area contributed by atoms with Crippen LogP contribution in [0.2, 0.25) is 0 Å². The lowest BCUT2D eigenvalue weighted by Gasteiger charge is -2.26. The van der Waals surface area contributed by atoms with E-state index in [1.165, 1.54) is 24.3 Å². The van der Waals surface area contributed by atoms with Gasteiger partial charge in [-0.2, -0.15) is 0 Å². The van der Waals surface area contributed by atoms with Gasteiger partial charge in [0.15, 0.2) is 6.54 Å². The first-order valence-corrected chi connectivity index (χ1v) is 10.5. The lowest BCUT2D eigenvalue weighted by atomic mass is 10.1. The molecule has 0 saturated carbocycles. The number of amides is 1. The van der Waals surface area contributed by atoms with Crippen molar-refractivity contribution < 1.29 is 22.9 Å². The Morgan fingerprint density at radius 2 is 1.55 bits per heavy atom. The number of carbonyl (C=O) groups excluding carboxylic acids is 1. The number of hydrogen-bond acceptors (Lipinski definition) is 2. The van der Waals surface area contributed by atoms with E-state index in [2.05, 4.69) is 13.8 Å². The fourth-order valence-corrected chi connectivity index (χ4v) is 3.63. The van der Waals surface area contributed by atoms with Gasteiger partial charge < -0.3 is 14.2 Å². The Labute approximate surface area is 182 Å². The number of furan rings is 1. The van der Waals surface area contributed by atoms with Gasteiger partial charge in [-0.25, -0.2) is 8.78 Å². The molecule has 0 aliphatic heterocycles. The van der Waals surface area contributed by atoms with E-state index in [9.17, 15) is 13.6 Å². The molecular weight excluding hydrogens is 398 g/mol. The molecule has 0 aliphatic rings. The van der Waals surface area contributed by atoms with Gasteiger partial charge in [-0.1, -0.05) is 38.1 Å². The highest BCUT2D eigenvalue weighted by atomic mass is 19.1. The van der Waals surface area contributed by atoms with Crippen LogP contribution in [0.3, 0.4) is 0 Å². The van der Waals surface area contributed by atoms with Crippen molar-refractivity contribution in [2.45, 2.75) is 33.5 Å². The molecule has 1 amide bonds. The number of nitrogens with zero attached hydrogens (tertiary/aromatic N) is 1. The topological polar surface area (TPSA) is 37.9 Å². The van der Waals surface area contributed by atoms with E-state index in [0.717, 1.165) is 22.6 Å². The van der Waals surface area contributed by atoms with Crippen molar-refractivity contribution in [2.24, 2.45) is 5.92 Å². The van der Waals surface area contributed by atoms with E-state index in [1.807, 2.05) is 6.07 Å². The van der Waals surface area contributed by atoms with Gasteiger partial charge in [-0.3, -0.25) is 4.79 Å². The third-order valence-corrected chi connectivity index (χ3v) is 5.03. The molecule has 1 N–H and O–H groups in total. The van der Waals surface area contributed by atoms with Gasteiger partial charge in [-0.15, -0.1) is 0 Å². The van der Waals surface area contributed by atoms with Crippen LogP contribution in [-0.4, -0.2) is 23.9 Å². The predicted octanol–water partition coefficient (Wildman–Crippen LogP) is 3.83. The van der Waals surface area contributed by atoms with Crippen LogP contribution in [0.4, 0.5) is 8.78 Å². The Morgan fingerprint density at radius 3 is 2.10 bits per heavy atom. The van der Waals surface area contributed by atoms with Crippen molar-refractivity contribution in [3.8, 4) is 0 Å². The maximum Gasteiger partial charge on any atom is 0.278 e. The molecule has 4 nitrogen and oxygen atoms in total. The number of nitrogens with one attached hydrogen (secondary N) is 1.